The molecule has 0 saturated carbocycles. The van der Waals surface area contributed by atoms with Gasteiger partial charge < -0.3 is 27.9 Å². The number of carbonyl (C=O) groups excluding carboxylic acids is 1. The van der Waals surface area contributed by atoms with Crippen LogP contribution in [0.1, 0.15) is 78.5 Å². The van der Waals surface area contributed by atoms with E-state index >= 15 is 0 Å². The van der Waals surface area contributed by atoms with Gasteiger partial charge in [-0.1, -0.05) is 59.8 Å². The van der Waals surface area contributed by atoms with Crippen LogP contribution in [-0.4, -0.2) is 67.7 Å². The summed E-state index contributed by atoms with van der Waals surface area (Å²) in [6, 6.07) is 26.2. The van der Waals surface area contributed by atoms with Crippen molar-refractivity contribution in [2.24, 2.45) is 0 Å². The van der Waals surface area contributed by atoms with E-state index in [0.29, 0.717) is 31.1 Å². The Morgan fingerprint density at radius 3 is 2.40 bits per heavy atom. The van der Waals surface area contributed by atoms with Gasteiger partial charge in [-0.2, -0.15) is 12.7 Å². The lowest BCUT2D eigenvalue weighted by Gasteiger charge is -2.31. The van der Waals surface area contributed by atoms with E-state index in [2.05, 4.69) is 10.3 Å². The summed E-state index contributed by atoms with van der Waals surface area (Å²) in [4.78, 5) is 13.1. The molecule has 0 radical (unpaired) electrons. The van der Waals surface area contributed by atoms with Crippen LogP contribution >= 0.6 is 0 Å². The summed E-state index contributed by atoms with van der Waals surface area (Å²) in [7, 11) is -1.05. The molecule has 0 aliphatic carbocycles. The second kappa shape index (κ2) is 19.1. The number of aromatic nitrogens is 3. The van der Waals surface area contributed by atoms with Gasteiger partial charge >= 0.3 is 16.3 Å². The van der Waals surface area contributed by atoms with Crippen LogP contribution in [0.5, 0.6) is 11.5 Å². The Labute approximate surface area is 334 Å². The van der Waals surface area contributed by atoms with Crippen LogP contribution < -0.4 is 9.47 Å². The third-order valence-electron chi connectivity index (χ3n) is 10.0. The molecule has 1 aliphatic rings. The van der Waals surface area contributed by atoms with Crippen molar-refractivity contribution in [3.05, 3.63) is 130 Å². The lowest BCUT2D eigenvalue weighted by Crippen LogP contribution is -2.38. The molecule has 0 amide bonds. The number of nitrogens with zero attached hydrogens (tertiary/aromatic N) is 4. The number of hydrogen-bond donors (Lipinski definition) is 0. The van der Waals surface area contributed by atoms with Crippen LogP contribution in [0, 0.1) is 6.92 Å². The smallest absolute Gasteiger partial charge is 0.388 e. The van der Waals surface area contributed by atoms with E-state index in [1.165, 1.54) is 11.4 Å². The van der Waals surface area contributed by atoms with Crippen LogP contribution in [0.2, 0.25) is 0 Å². The highest BCUT2D eigenvalue weighted by molar-refractivity contribution is 7.84. The minimum Gasteiger partial charge on any atom is -0.497 e. The number of benzene rings is 4. The monoisotopic (exact) mass is 798 g/mol. The number of rotatable bonds is 19. The number of esters is 1. The first-order valence-corrected chi connectivity index (χ1v) is 20.4. The molecule has 4 aromatic carbocycles. The summed E-state index contributed by atoms with van der Waals surface area (Å²) in [5, 5.41) is 9.04. The van der Waals surface area contributed by atoms with Gasteiger partial charge in [-0.05, 0) is 91.8 Å². The van der Waals surface area contributed by atoms with Crippen molar-refractivity contribution in [1.82, 2.24) is 19.3 Å². The lowest BCUT2D eigenvalue weighted by atomic mass is 9.84. The molecular weight excluding hydrogens is 749 g/mol. The molecule has 2 atom stereocenters. The molecule has 14 heteroatoms. The second-order valence-corrected chi connectivity index (χ2v) is 15.2. The average molecular weight is 799 g/mol. The zero-order chi connectivity index (χ0) is 40.4. The zero-order valence-corrected chi connectivity index (χ0v) is 33.9. The largest absolute Gasteiger partial charge is 0.497 e. The number of methoxy groups -OCH3 is 2. The molecule has 0 fully saturated rings. The van der Waals surface area contributed by atoms with E-state index in [1.807, 2.05) is 90.5 Å². The Bertz CT molecular complexity index is 2260. The molecule has 5 aromatic rings. The van der Waals surface area contributed by atoms with E-state index in [-0.39, 0.29) is 38.1 Å². The predicted octanol–water partition coefficient (Wildman–Crippen LogP) is 7.54. The third kappa shape index (κ3) is 10.1. The SMILES string of the molecule is CCOC(=O)CC(c1ccc(OC)c([C@H](C)N2CC=C(OCc3ccccc3)OS2(=O)=O)c1)c1ccc2c(nnn2CCCCOCc2ccc(OC)cc2)c1C. The fraction of sp³-hybridized carbons (Fsp3) is 0.372. The zero-order valence-electron chi connectivity index (χ0n) is 33.1. The molecule has 6 rings (SSSR count). The normalized spacial score (nSPS) is 15.0. The molecule has 0 bridgehead atoms. The third-order valence-corrected chi connectivity index (χ3v) is 11.5. The van der Waals surface area contributed by atoms with Gasteiger partial charge in [0.15, 0.2) is 0 Å². The molecule has 0 saturated heterocycles. The Morgan fingerprint density at radius 1 is 0.912 bits per heavy atom. The maximum absolute atomic E-state index is 13.5. The van der Waals surface area contributed by atoms with Gasteiger partial charge in [0.25, 0.3) is 5.95 Å². The van der Waals surface area contributed by atoms with Crippen LogP contribution in [0.3, 0.4) is 0 Å². The first kappa shape index (κ1) is 41.2. The van der Waals surface area contributed by atoms with Crippen molar-refractivity contribution in [3.8, 4) is 11.5 Å². The van der Waals surface area contributed by atoms with Gasteiger partial charge in [0.2, 0.25) is 0 Å². The fourth-order valence-corrected chi connectivity index (χ4v) is 8.13. The second-order valence-electron chi connectivity index (χ2n) is 13.7. The molecule has 1 aliphatic heterocycles. The topological polar surface area (TPSA) is 141 Å². The van der Waals surface area contributed by atoms with Crippen LogP contribution in [0.4, 0.5) is 0 Å². The molecule has 1 aromatic heterocycles. The predicted molar refractivity (Wildman–Crippen MR) is 215 cm³/mol. The minimum absolute atomic E-state index is 0.0232. The highest BCUT2D eigenvalue weighted by Crippen LogP contribution is 2.39. The van der Waals surface area contributed by atoms with Gasteiger partial charge in [-0.15, -0.1) is 5.10 Å². The highest BCUT2D eigenvalue weighted by Gasteiger charge is 2.36. The first-order chi connectivity index (χ1) is 27.6. The van der Waals surface area contributed by atoms with Gasteiger partial charge in [-0.25, -0.2) is 4.68 Å². The Hall–Kier alpha value is -5.44. The average Bonchev–Trinajstić information content (AvgIpc) is 3.64. The van der Waals surface area contributed by atoms with Gasteiger partial charge in [0, 0.05) is 37.3 Å². The minimum atomic E-state index is -4.23. The van der Waals surface area contributed by atoms with E-state index in [9.17, 15) is 13.2 Å². The van der Waals surface area contributed by atoms with Crippen molar-refractivity contribution >= 4 is 27.3 Å². The van der Waals surface area contributed by atoms with Crippen molar-refractivity contribution < 1.29 is 41.1 Å². The summed E-state index contributed by atoms with van der Waals surface area (Å²) < 4.78 is 63.4. The fourth-order valence-electron chi connectivity index (χ4n) is 6.95. The number of carbonyl (C=O) groups is 1. The Kier molecular flexibility index (Phi) is 13.8. The van der Waals surface area contributed by atoms with E-state index in [0.717, 1.165) is 57.4 Å². The van der Waals surface area contributed by atoms with Crippen LogP contribution in [-0.2, 0) is 53.3 Å². The van der Waals surface area contributed by atoms with Crippen LogP contribution in [0.15, 0.2) is 97.0 Å². The number of unbranched alkanes of at least 4 members (excludes halogenated alkanes) is 1. The summed E-state index contributed by atoms with van der Waals surface area (Å²) in [6.45, 7) is 7.79. The summed E-state index contributed by atoms with van der Waals surface area (Å²) in [6.07, 6.45) is 3.37. The molecule has 302 valence electrons. The number of fused-ring (bicyclic) bond motifs is 1. The lowest BCUT2D eigenvalue weighted by molar-refractivity contribution is -0.143. The maximum atomic E-state index is 13.5. The van der Waals surface area contributed by atoms with Gasteiger partial charge in [0.1, 0.15) is 23.6 Å². The van der Waals surface area contributed by atoms with Crippen molar-refractivity contribution in [1.29, 1.82) is 0 Å². The van der Waals surface area contributed by atoms with Crippen molar-refractivity contribution in [2.45, 2.75) is 71.8 Å². The maximum Gasteiger partial charge on any atom is 0.388 e. The van der Waals surface area contributed by atoms with Gasteiger partial charge in [0.05, 0.1) is 45.4 Å². The molecule has 0 spiro atoms. The summed E-state index contributed by atoms with van der Waals surface area (Å²) >= 11 is 0. The van der Waals surface area contributed by atoms with E-state index in [4.69, 9.17) is 27.9 Å². The van der Waals surface area contributed by atoms with Crippen molar-refractivity contribution in [3.63, 3.8) is 0 Å². The molecule has 57 heavy (non-hydrogen) atoms. The molecule has 13 nitrogen and oxygen atoms in total. The summed E-state index contributed by atoms with van der Waals surface area (Å²) in [5.41, 5.74) is 6.78. The quantitative estimate of drug-likeness (QED) is 0.0605. The Morgan fingerprint density at radius 2 is 1.68 bits per heavy atom. The van der Waals surface area contributed by atoms with Crippen molar-refractivity contribution in [2.75, 3.05) is 34.0 Å². The number of ether oxygens (including phenoxy) is 5. The molecule has 1 unspecified atom stereocenters. The number of hydrogen-bond acceptors (Lipinski definition) is 11. The highest BCUT2D eigenvalue weighted by atomic mass is 32.2. The summed E-state index contributed by atoms with van der Waals surface area (Å²) in [5.74, 6) is 0.441. The first-order valence-electron chi connectivity index (χ1n) is 19.1. The molecular formula is C43H50N4O9S. The standard InChI is InChI=1S/C43H50N4O9S/c1-6-54-41(48)27-38(36-19-20-39-43(30(36)2)44-45-46(39)23-10-11-25-53-28-33-14-17-35(51-4)18-15-33)34-16-21-40(52-5)37(26-34)31(3)47-24-22-42(56-57(47,49)50)55-29-32-12-8-7-9-13-32/h7-9,12-22,26,31,38H,6,10-11,23-25,27-29H2,1-5H3/t31-,38?/m0/s1. The molecule has 0 N–H and O–H groups in total. The Balaban J connectivity index is 1.19. The molecule has 2 heterocycles. The number of aryl methyl sites for hydroxylation is 2. The van der Waals surface area contributed by atoms with Gasteiger partial charge in [-0.3, -0.25) is 4.79 Å². The van der Waals surface area contributed by atoms with E-state index in [1.54, 1.807) is 33.1 Å². The van der Waals surface area contributed by atoms with Crippen LogP contribution in [0.25, 0.3) is 11.0 Å². The van der Waals surface area contributed by atoms with E-state index < -0.39 is 22.3 Å².